The van der Waals surface area contributed by atoms with Gasteiger partial charge < -0.3 is 14.3 Å². The number of imidazole rings is 1. The fraction of sp³-hybridized carbons (Fsp3) is 0.455. The molecule has 7 heteroatoms. The zero-order valence-corrected chi connectivity index (χ0v) is 10.5. The molecule has 0 aliphatic heterocycles. The number of carbonyl (C=O) groups excluding carboxylic acids is 1. The van der Waals surface area contributed by atoms with Gasteiger partial charge in [-0.25, -0.2) is 9.97 Å². The van der Waals surface area contributed by atoms with Gasteiger partial charge in [0.2, 0.25) is 0 Å². The van der Waals surface area contributed by atoms with Crippen LogP contribution in [-0.4, -0.2) is 31.1 Å². The third kappa shape index (κ3) is 2.55. The predicted molar refractivity (Wildman–Crippen MR) is 63.6 cm³/mol. The van der Waals surface area contributed by atoms with Crippen molar-refractivity contribution in [1.29, 1.82) is 5.41 Å². The van der Waals surface area contributed by atoms with E-state index >= 15 is 0 Å². The molecule has 7 nitrogen and oxygen atoms in total. The van der Waals surface area contributed by atoms with Crippen LogP contribution in [0.15, 0.2) is 12.7 Å². The quantitative estimate of drug-likeness (QED) is 0.761. The van der Waals surface area contributed by atoms with Crippen LogP contribution in [0.3, 0.4) is 0 Å². The van der Waals surface area contributed by atoms with Crippen LogP contribution in [-0.2, 0) is 16.1 Å². The van der Waals surface area contributed by atoms with Gasteiger partial charge in [0.25, 0.3) is 0 Å². The molecule has 0 bridgehead atoms. The predicted octanol–water partition coefficient (Wildman–Crippen LogP) is 0.581. The highest BCUT2D eigenvalue weighted by molar-refractivity contribution is 5.74. The van der Waals surface area contributed by atoms with Crippen LogP contribution in [0.5, 0.6) is 0 Å². The fourth-order valence-electron chi connectivity index (χ4n) is 1.55. The molecule has 2 aromatic heterocycles. The van der Waals surface area contributed by atoms with E-state index in [4.69, 9.17) is 10.1 Å². The Morgan fingerprint density at radius 2 is 2.22 bits per heavy atom. The smallest absolute Gasteiger partial charge is 0.326 e. The van der Waals surface area contributed by atoms with Crippen molar-refractivity contribution in [2.45, 2.75) is 32.9 Å². The number of hydrogen-bond acceptors (Lipinski definition) is 5. The van der Waals surface area contributed by atoms with Crippen LogP contribution in [0.25, 0.3) is 11.2 Å². The summed E-state index contributed by atoms with van der Waals surface area (Å²) in [6.45, 7) is 5.45. The second-order valence-corrected chi connectivity index (χ2v) is 4.91. The van der Waals surface area contributed by atoms with Gasteiger partial charge in [-0.3, -0.25) is 10.2 Å². The lowest BCUT2D eigenvalue weighted by atomic mass is 10.2. The number of esters is 1. The molecule has 96 valence electrons. The second-order valence-electron chi connectivity index (χ2n) is 4.91. The summed E-state index contributed by atoms with van der Waals surface area (Å²) in [7, 11) is 0. The Morgan fingerprint density at radius 1 is 1.50 bits per heavy atom. The Morgan fingerprint density at radius 3 is 2.89 bits per heavy atom. The molecule has 2 N–H and O–H groups in total. The topological polar surface area (TPSA) is 96.6 Å². The monoisotopic (exact) mass is 249 g/mol. The number of nitrogens with zero attached hydrogens (tertiary/aromatic N) is 3. The van der Waals surface area contributed by atoms with Gasteiger partial charge in [0.1, 0.15) is 17.7 Å². The van der Waals surface area contributed by atoms with Crippen molar-refractivity contribution >= 4 is 17.1 Å². The molecule has 0 unspecified atom stereocenters. The Kier molecular flexibility index (Phi) is 2.90. The molecule has 0 fully saturated rings. The normalized spacial score (nSPS) is 11.7. The molecule has 0 saturated heterocycles. The van der Waals surface area contributed by atoms with E-state index in [2.05, 4.69) is 15.0 Å². The Hall–Kier alpha value is -2.18. The largest absolute Gasteiger partial charge is 0.459 e. The van der Waals surface area contributed by atoms with Gasteiger partial charge in [-0.15, -0.1) is 0 Å². The van der Waals surface area contributed by atoms with Crippen LogP contribution in [0.2, 0.25) is 0 Å². The van der Waals surface area contributed by atoms with E-state index in [1.807, 2.05) is 20.8 Å². The van der Waals surface area contributed by atoms with Gasteiger partial charge in [-0.2, -0.15) is 0 Å². The summed E-state index contributed by atoms with van der Waals surface area (Å²) in [4.78, 5) is 22.5. The van der Waals surface area contributed by atoms with Gasteiger partial charge >= 0.3 is 5.97 Å². The maximum absolute atomic E-state index is 11.7. The van der Waals surface area contributed by atoms with Crippen LogP contribution < -0.4 is 5.49 Å². The summed E-state index contributed by atoms with van der Waals surface area (Å²) in [5, 5.41) is 7.59. The minimum Gasteiger partial charge on any atom is -0.459 e. The van der Waals surface area contributed by atoms with E-state index in [-0.39, 0.29) is 18.0 Å². The van der Waals surface area contributed by atoms with Crippen molar-refractivity contribution < 1.29 is 9.53 Å². The minimum absolute atomic E-state index is 0.0197. The molecule has 18 heavy (non-hydrogen) atoms. The second kappa shape index (κ2) is 4.25. The first-order valence-electron chi connectivity index (χ1n) is 5.52. The first-order chi connectivity index (χ1) is 8.37. The van der Waals surface area contributed by atoms with Crippen LogP contribution in [0.1, 0.15) is 20.8 Å². The van der Waals surface area contributed by atoms with Crippen molar-refractivity contribution in [2.75, 3.05) is 0 Å². The molecule has 0 radical (unpaired) electrons. The molecule has 0 saturated carbocycles. The highest BCUT2D eigenvalue weighted by Crippen LogP contribution is 2.09. The zero-order chi connectivity index (χ0) is 13.3. The van der Waals surface area contributed by atoms with Crippen molar-refractivity contribution in [3.63, 3.8) is 0 Å². The lowest BCUT2D eigenvalue weighted by Crippen LogP contribution is -2.27. The number of nitrogens with one attached hydrogen (secondary N) is 2. The fourth-order valence-corrected chi connectivity index (χ4v) is 1.55. The molecule has 2 aromatic rings. The van der Waals surface area contributed by atoms with E-state index in [1.165, 1.54) is 12.7 Å². The molecule has 0 spiro atoms. The minimum atomic E-state index is -0.523. The zero-order valence-electron chi connectivity index (χ0n) is 10.5. The van der Waals surface area contributed by atoms with Crippen molar-refractivity contribution in [2.24, 2.45) is 0 Å². The van der Waals surface area contributed by atoms with Crippen LogP contribution in [0.4, 0.5) is 0 Å². The highest BCUT2D eigenvalue weighted by Gasteiger charge is 2.17. The van der Waals surface area contributed by atoms with Gasteiger partial charge in [0, 0.05) is 0 Å². The number of ether oxygens (including phenoxy) is 1. The molecule has 0 amide bonds. The summed E-state index contributed by atoms with van der Waals surface area (Å²) in [5.74, 6) is -0.365. The number of H-pyrrole nitrogens is 1. The van der Waals surface area contributed by atoms with Gasteiger partial charge in [0.15, 0.2) is 11.1 Å². The van der Waals surface area contributed by atoms with E-state index in [0.717, 1.165) is 0 Å². The molecule has 2 heterocycles. The average Bonchev–Trinajstić information content (AvgIpc) is 2.69. The van der Waals surface area contributed by atoms with Crippen LogP contribution >= 0.6 is 0 Å². The van der Waals surface area contributed by atoms with E-state index in [9.17, 15) is 4.79 Å². The van der Waals surface area contributed by atoms with Gasteiger partial charge in [-0.05, 0) is 20.8 Å². The van der Waals surface area contributed by atoms with Crippen molar-refractivity contribution in [3.8, 4) is 0 Å². The first kappa shape index (κ1) is 12.3. The summed E-state index contributed by atoms with van der Waals surface area (Å²) < 4.78 is 6.78. The standard InChI is InChI=1S/C11H15N5O2/c1-11(2,3)18-7(17)4-16-6-15-9(12)8-10(16)14-5-13-8/h5-6,12H,4H2,1-3H3,(H,13,14). The summed E-state index contributed by atoms with van der Waals surface area (Å²) >= 11 is 0. The average molecular weight is 249 g/mol. The maximum atomic E-state index is 11.7. The summed E-state index contributed by atoms with van der Waals surface area (Å²) in [6.07, 6.45) is 2.88. The molecule has 0 atom stereocenters. The first-order valence-corrected chi connectivity index (χ1v) is 5.52. The lowest BCUT2D eigenvalue weighted by Gasteiger charge is -2.19. The number of aromatic amines is 1. The molecule has 0 aliphatic rings. The number of fused-ring (bicyclic) bond motifs is 1. The third-order valence-electron chi connectivity index (χ3n) is 2.17. The van der Waals surface area contributed by atoms with Crippen molar-refractivity contribution in [1.82, 2.24) is 19.5 Å². The van der Waals surface area contributed by atoms with E-state index in [1.54, 1.807) is 4.57 Å². The lowest BCUT2D eigenvalue weighted by molar-refractivity contribution is -0.155. The van der Waals surface area contributed by atoms with Crippen molar-refractivity contribution in [3.05, 3.63) is 18.1 Å². The van der Waals surface area contributed by atoms with E-state index in [0.29, 0.717) is 11.2 Å². The van der Waals surface area contributed by atoms with Gasteiger partial charge in [0.05, 0.1) is 12.7 Å². The number of carbonyl (C=O) groups is 1. The third-order valence-corrected chi connectivity index (χ3v) is 2.17. The molecular weight excluding hydrogens is 234 g/mol. The molecule has 2 rings (SSSR count). The maximum Gasteiger partial charge on any atom is 0.326 e. The Balaban J connectivity index is 2.28. The van der Waals surface area contributed by atoms with Crippen LogP contribution in [0, 0.1) is 5.41 Å². The summed E-state index contributed by atoms with van der Waals surface area (Å²) in [6, 6.07) is 0. The SMILES string of the molecule is CC(C)(C)OC(=O)Cn1cnc(=N)c2[nH]cnc21. The number of rotatable bonds is 2. The van der Waals surface area contributed by atoms with Gasteiger partial charge in [-0.1, -0.05) is 0 Å². The number of hydrogen-bond donors (Lipinski definition) is 2. The highest BCUT2D eigenvalue weighted by atomic mass is 16.6. The molecule has 0 aliphatic carbocycles. The number of aromatic nitrogens is 4. The Labute approximate surface area is 103 Å². The summed E-state index contributed by atoms with van der Waals surface area (Å²) in [5.41, 5.74) is 0.593. The molecular formula is C11H15N5O2. The van der Waals surface area contributed by atoms with E-state index < -0.39 is 5.60 Å². The Bertz CT molecular complexity index is 635. The molecule has 0 aromatic carbocycles.